The molecule has 0 fully saturated rings. The number of ketones is 1. The van der Waals surface area contributed by atoms with Crippen molar-refractivity contribution in [2.75, 3.05) is 26.1 Å². The largest absolute Gasteiger partial charge is 0.497 e. The molecule has 1 aromatic heterocycles. The second-order valence-corrected chi connectivity index (χ2v) is 6.81. The lowest BCUT2D eigenvalue weighted by molar-refractivity contribution is 0.102. The van der Waals surface area contributed by atoms with Gasteiger partial charge in [-0.25, -0.2) is 4.98 Å². The first-order chi connectivity index (χ1) is 12.7. The number of fused-ring (bicyclic) bond motifs is 2. The molecule has 4 rings (SSSR count). The summed E-state index contributed by atoms with van der Waals surface area (Å²) in [4.78, 5) is 20.2. The van der Waals surface area contributed by atoms with Crippen LogP contribution in [0.25, 0.3) is 11.0 Å². The van der Waals surface area contributed by atoms with E-state index in [1.54, 1.807) is 25.3 Å². The first-order valence-corrected chi connectivity index (χ1v) is 9.31. The van der Waals surface area contributed by atoms with E-state index in [0.717, 1.165) is 23.2 Å². The van der Waals surface area contributed by atoms with Crippen LogP contribution in [0.5, 0.6) is 17.2 Å². The van der Waals surface area contributed by atoms with Gasteiger partial charge in [-0.15, -0.1) is 0 Å². The minimum absolute atomic E-state index is 0.0173. The maximum absolute atomic E-state index is 12.5. The number of benzene rings is 2. The number of aromatic nitrogens is 2. The number of carbonyl (C=O) groups excluding carboxylic acids is 1. The molecule has 26 heavy (non-hydrogen) atoms. The quantitative estimate of drug-likeness (QED) is 0.545. The van der Waals surface area contributed by atoms with Crippen molar-refractivity contribution in [1.29, 1.82) is 0 Å². The van der Waals surface area contributed by atoms with Gasteiger partial charge in [-0.05, 0) is 30.3 Å². The lowest BCUT2D eigenvalue weighted by Gasteiger charge is -2.08. The number of ether oxygens (including phenoxy) is 3. The predicted molar refractivity (Wildman–Crippen MR) is 99.7 cm³/mol. The Kier molecular flexibility index (Phi) is 4.71. The number of nitrogens with zero attached hydrogens (tertiary/aromatic N) is 1. The van der Waals surface area contributed by atoms with Crippen LogP contribution in [0.4, 0.5) is 0 Å². The zero-order chi connectivity index (χ0) is 17.9. The van der Waals surface area contributed by atoms with E-state index in [2.05, 4.69) is 9.97 Å². The molecule has 6 nitrogen and oxygen atoms in total. The van der Waals surface area contributed by atoms with Gasteiger partial charge in [0.25, 0.3) is 0 Å². The molecule has 0 amide bonds. The lowest BCUT2D eigenvalue weighted by Crippen LogP contribution is -2.03. The van der Waals surface area contributed by atoms with E-state index in [1.807, 2.05) is 18.2 Å². The van der Waals surface area contributed by atoms with E-state index in [1.165, 1.54) is 11.8 Å². The van der Waals surface area contributed by atoms with Crippen LogP contribution in [-0.4, -0.2) is 41.8 Å². The van der Waals surface area contributed by atoms with Crippen LogP contribution in [0.3, 0.4) is 0 Å². The van der Waals surface area contributed by atoms with Gasteiger partial charge in [0, 0.05) is 18.1 Å². The molecule has 0 atom stereocenters. The summed E-state index contributed by atoms with van der Waals surface area (Å²) in [6.45, 7) is 1.23. The molecule has 134 valence electrons. The molecule has 2 aromatic carbocycles. The zero-order valence-electron chi connectivity index (χ0n) is 14.3. The summed E-state index contributed by atoms with van der Waals surface area (Å²) in [7, 11) is 1.63. The highest BCUT2D eigenvalue weighted by Gasteiger charge is 2.15. The van der Waals surface area contributed by atoms with E-state index in [-0.39, 0.29) is 11.5 Å². The highest BCUT2D eigenvalue weighted by atomic mass is 32.2. The SMILES string of the molecule is COc1ccc2nc(SCC(=O)c3ccc4c(c3)OCCCO4)[nH]c2c1. The summed E-state index contributed by atoms with van der Waals surface area (Å²) in [5.74, 6) is 2.40. The summed E-state index contributed by atoms with van der Waals surface area (Å²) >= 11 is 1.37. The lowest BCUT2D eigenvalue weighted by atomic mass is 10.1. The Hall–Kier alpha value is -2.67. The molecular weight excluding hydrogens is 352 g/mol. The molecule has 1 N–H and O–H groups in total. The van der Waals surface area contributed by atoms with Gasteiger partial charge >= 0.3 is 0 Å². The Labute approximate surface area is 154 Å². The maximum Gasteiger partial charge on any atom is 0.173 e. The van der Waals surface area contributed by atoms with Crippen LogP contribution in [0, 0.1) is 0 Å². The van der Waals surface area contributed by atoms with Crippen LogP contribution < -0.4 is 14.2 Å². The fourth-order valence-corrected chi connectivity index (χ4v) is 3.49. The normalized spacial score (nSPS) is 13.4. The van der Waals surface area contributed by atoms with Crippen molar-refractivity contribution in [3.8, 4) is 17.2 Å². The molecule has 1 aliphatic rings. The Balaban J connectivity index is 1.46. The number of carbonyl (C=O) groups is 1. The zero-order valence-corrected chi connectivity index (χ0v) is 15.1. The first kappa shape index (κ1) is 16.8. The van der Waals surface area contributed by atoms with Gasteiger partial charge in [0.15, 0.2) is 22.4 Å². The molecule has 0 spiro atoms. The monoisotopic (exact) mass is 370 g/mol. The number of H-pyrrole nitrogens is 1. The Morgan fingerprint density at radius 1 is 1.19 bits per heavy atom. The molecule has 7 heteroatoms. The van der Waals surface area contributed by atoms with Gasteiger partial charge in [0.05, 0.1) is 37.1 Å². The number of aromatic amines is 1. The van der Waals surface area contributed by atoms with Gasteiger partial charge in [0.1, 0.15) is 5.75 Å². The van der Waals surface area contributed by atoms with E-state index < -0.39 is 0 Å². The molecule has 0 saturated heterocycles. The summed E-state index contributed by atoms with van der Waals surface area (Å²) in [6, 6.07) is 11.0. The molecule has 3 aromatic rings. The number of thioether (sulfide) groups is 1. The summed E-state index contributed by atoms with van der Waals surface area (Å²) in [6.07, 6.45) is 0.838. The van der Waals surface area contributed by atoms with Crippen LogP contribution in [-0.2, 0) is 0 Å². The standard InChI is InChI=1S/C19H18N2O4S/c1-23-13-4-5-14-15(10-13)21-19(20-14)26-11-16(22)12-3-6-17-18(9-12)25-8-2-7-24-17/h3-6,9-10H,2,7-8,11H2,1H3,(H,20,21). The van der Waals surface area contributed by atoms with Crippen LogP contribution in [0.15, 0.2) is 41.6 Å². The van der Waals surface area contributed by atoms with Crippen molar-refractivity contribution in [2.24, 2.45) is 0 Å². The fraction of sp³-hybridized carbons (Fsp3) is 0.263. The second-order valence-electron chi connectivity index (χ2n) is 5.85. The molecule has 0 saturated carbocycles. The molecule has 0 aliphatic carbocycles. The molecule has 0 bridgehead atoms. The Morgan fingerprint density at radius 2 is 2.04 bits per heavy atom. The van der Waals surface area contributed by atoms with Crippen molar-refractivity contribution in [3.05, 3.63) is 42.0 Å². The minimum Gasteiger partial charge on any atom is -0.497 e. The first-order valence-electron chi connectivity index (χ1n) is 8.32. The fourth-order valence-electron chi connectivity index (χ4n) is 2.71. The summed E-state index contributed by atoms with van der Waals surface area (Å²) < 4.78 is 16.5. The molecule has 0 radical (unpaired) electrons. The highest BCUT2D eigenvalue weighted by Crippen LogP contribution is 2.31. The van der Waals surface area contributed by atoms with E-state index in [4.69, 9.17) is 14.2 Å². The van der Waals surface area contributed by atoms with E-state index in [9.17, 15) is 4.79 Å². The van der Waals surface area contributed by atoms with Crippen molar-refractivity contribution < 1.29 is 19.0 Å². The molecular formula is C19H18N2O4S. The van der Waals surface area contributed by atoms with Crippen molar-refractivity contribution in [2.45, 2.75) is 11.6 Å². The van der Waals surface area contributed by atoms with Crippen LogP contribution in [0.1, 0.15) is 16.8 Å². The van der Waals surface area contributed by atoms with Crippen molar-refractivity contribution in [1.82, 2.24) is 9.97 Å². The van der Waals surface area contributed by atoms with Crippen LogP contribution in [0.2, 0.25) is 0 Å². The number of nitrogens with one attached hydrogen (secondary N) is 1. The van der Waals surface area contributed by atoms with Crippen LogP contribution >= 0.6 is 11.8 Å². The Morgan fingerprint density at radius 3 is 2.88 bits per heavy atom. The predicted octanol–water partition coefficient (Wildman–Crippen LogP) is 3.71. The maximum atomic E-state index is 12.5. The molecule has 2 heterocycles. The molecule has 0 unspecified atom stereocenters. The molecule has 1 aliphatic heterocycles. The average Bonchev–Trinajstić information content (AvgIpc) is 2.93. The smallest absolute Gasteiger partial charge is 0.173 e. The Bertz CT molecular complexity index is 954. The number of imidazole rings is 1. The van der Waals surface area contributed by atoms with Gasteiger partial charge in [-0.3, -0.25) is 4.79 Å². The topological polar surface area (TPSA) is 73.4 Å². The van der Waals surface area contributed by atoms with Crippen molar-refractivity contribution in [3.63, 3.8) is 0 Å². The summed E-state index contributed by atoms with van der Waals surface area (Å²) in [5, 5.41) is 0.705. The second kappa shape index (κ2) is 7.29. The highest BCUT2D eigenvalue weighted by molar-refractivity contribution is 7.99. The summed E-state index contributed by atoms with van der Waals surface area (Å²) in [5.41, 5.74) is 2.34. The third kappa shape index (κ3) is 3.48. The number of methoxy groups -OCH3 is 1. The van der Waals surface area contributed by atoms with E-state index >= 15 is 0 Å². The number of rotatable bonds is 5. The average molecular weight is 370 g/mol. The minimum atomic E-state index is 0.0173. The number of hydrogen-bond donors (Lipinski definition) is 1. The number of Topliss-reactive ketones (excluding diaryl/α,β-unsaturated/α-hetero) is 1. The van der Waals surface area contributed by atoms with Crippen molar-refractivity contribution >= 4 is 28.6 Å². The van der Waals surface area contributed by atoms with Gasteiger partial charge in [-0.1, -0.05) is 11.8 Å². The third-order valence-electron chi connectivity index (χ3n) is 4.08. The third-order valence-corrected chi connectivity index (χ3v) is 4.95. The van der Waals surface area contributed by atoms with Gasteiger partial charge in [0.2, 0.25) is 0 Å². The number of hydrogen-bond acceptors (Lipinski definition) is 6. The van der Waals surface area contributed by atoms with Gasteiger partial charge < -0.3 is 19.2 Å². The van der Waals surface area contributed by atoms with E-state index in [0.29, 0.717) is 35.4 Å². The van der Waals surface area contributed by atoms with Gasteiger partial charge in [-0.2, -0.15) is 0 Å².